The predicted octanol–water partition coefficient (Wildman–Crippen LogP) is 6.21. The molecular formula is C21H16Cl2F3N3O3. The van der Waals surface area contributed by atoms with E-state index in [1.807, 2.05) is 0 Å². The molecule has 2 heterocycles. The van der Waals surface area contributed by atoms with Crippen molar-refractivity contribution in [2.24, 2.45) is 0 Å². The van der Waals surface area contributed by atoms with Gasteiger partial charge in [0.15, 0.2) is 5.69 Å². The second-order valence-electron chi connectivity index (χ2n) is 6.75. The minimum Gasteiger partial charge on any atom is -0.464 e. The van der Waals surface area contributed by atoms with Gasteiger partial charge in [0.2, 0.25) is 5.88 Å². The topological polar surface area (TPSA) is 74.2 Å². The van der Waals surface area contributed by atoms with Crippen LogP contribution in [0.15, 0.2) is 48.7 Å². The van der Waals surface area contributed by atoms with Crippen LogP contribution in [-0.2, 0) is 4.74 Å². The molecule has 0 N–H and O–H groups in total. The van der Waals surface area contributed by atoms with Gasteiger partial charge in [-0.15, -0.1) is 10.2 Å². The molecule has 0 fully saturated rings. The molecule has 0 amide bonds. The largest absolute Gasteiger partial charge is 0.464 e. The van der Waals surface area contributed by atoms with Gasteiger partial charge in [0.05, 0.1) is 13.0 Å². The molecule has 3 rings (SSSR count). The van der Waals surface area contributed by atoms with Crippen molar-refractivity contribution in [2.45, 2.75) is 24.9 Å². The van der Waals surface area contributed by atoms with E-state index in [9.17, 15) is 18.0 Å². The van der Waals surface area contributed by atoms with Crippen molar-refractivity contribution in [1.29, 1.82) is 0 Å². The zero-order chi connectivity index (χ0) is 23.5. The Hall–Kier alpha value is -2.91. The van der Waals surface area contributed by atoms with E-state index >= 15 is 0 Å². The minimum absolute atomic E-state index is 0.0192. The second-order valence-corrected chi connectivity index (χ2v) is 7.55. The van der Waals surface area contributed by atoms with Crippen LogP contribution in [0.5, 0.6) is 11.6 Å². The van der Waals surface area contributed by atoms with Crippen molar-refractivity contribution in [3.05, 3.63) is 75.7 Å². The molecule has 0 aliphatic carbocycles. The Balaban J connectivity index is 1.92. The third-order valence-corrected chi connectivity index (χ3v) is 5.23. The van der Waals surface area contributed by atoms with Crippen LogP contribution >= 0.6 is 23.2 Å². The number of aromatic nitrogens is 3. The maximum atomic E-state index is 14.0. The van der Waals surface area contributed by atoms with Crippen molar-refractivity contribution in [3.8, 4) is 11.6 Å². The molecule has 0 aliphatic heterocycles. The highest BCUT2D eigenvalue weighted by Gasteiger charge is 2.45. The smallest absolute Gasteiger partial charge is 0.396 e. The van der Waals surface area contributed by atoms with Gasteiger partial charge < -0.3 is 9.47 Å². The van der Waals surface area contributed by atoms with Crippen LogP contribution < -0.4 is 4.74 Å². The van der Waals surface area contributed by atoms with Gasteiger partial charge in [-0.25, -0.2) is 9.78 Å². The first-order chi connectivity index (χ1) is 15.1. The Morgan fingerprint density at radius 3 is 2.41 bits per heavy atom. The summed E-state index contributed by atoms with van der Waals surface area (Å²) in [7, 11) is 1.21. The monoisotopic (exact) mass is 485 g/mol. The average Bonchev–Trinajstić information content (AvgIpc) is 2.74. The van der Waals surface area contributed by atoms with Gasteiger partial charge in [0.25, 0.3) is 0 Å². The molecule has 2 atom stereocenters. The van der Waals surface area contributed by atoms with Crippen LogP contribution in [0, 0.1) is 0 Å². The number of rotatable bonds is 6. The highest BCUT2D eigenvalue weighted by atomic mass is 35.5. The molecule has 2 unspecified atom stereocenters. The molecule has 168 valence electrons. The van der Waals surface area contributed by atoms with Crippen molar-refractivity contribution >= 4 is 29.2 Å². The number of pyridine rings is 1. The number of esters is 1. The van der Waals surface area contributed by atoms with Crippen LogP contribution in [0.1, 0.15) is 40.4 Å². The number of ether oxygens (including phenoxy) is 2. The number of benzene rings is 1. The summed E-state index contributed by atoms with van der Waals surface area (Å²) in [6.07, 6.45) is -3.35. The number of alkyl halides is 3. The lowest BCUT2D eigenvalue weighted by Gasteiger charge is -2.28. The van der Waals surface area contributed by atoms with Crippen molar-refractivity contribution in [3.63, 3.8) is 0 Å². The molecule has 3 aromatic rings. The lowest BCUT2D eigenvalue weighted by atomic mass is 9.82. The minimum atomic E-state index is -4.57. The van der Waals surface area contributed by atoms with Gasteiger partial charge in [-0.1, -0.05) is 30.1 Å². The van der Waals surface area contributed by atoms with Gasteiger partial charge in [0, 0.05) is 17.3 Å². The Morgan fingerprint density at radius 1 is 1.06 bits per heavy atom. The van der Waals surface area contributed by atoms with Gasteiger partial charge >= 0.3 is 12.1 Å². The number of halogens is 5. The molecule has 0 saturated carbocycles. The van der Waals surface area contributed by atoms with Gasteiger partial charge in [-0.05, 0) is 53.4 Å². The first-order valence-electron chi connectivity index (χ1n) is 9.17. The Labute approximate surface area is 191 Å². The van der Waals surface area contributed by atoms with Crippen LogP contribution in [0.25, 0.3) is 0 Å². The molecule has 32 heavy (non-hydrogen) atoms. The van der Waals surface area contributed by atoms with Gasteiger partial charge in [0.1, 0.15) is 10.9 Å². The molecule has 1 aromatic carbocycles. The van der Waals surface area contributed by atoms with Crippen molar-refractivity contribution in [2.75, 3.05) is 7.11 Å². The summed E-state index contributed by atoms with van der Waals surface area (Å²) in [4.78, 5) is 15.2. The molecular weight excluding hydrogens is 470 g/mol. The molecule has 2 aromatic heterocycles. The van der Waals surface area contributed by atoms with E-state index in [1.54, 1.807) is 0 Å². The molecule has 0 spiro atoms. The zero-order valence-corrected chi connectivity index (χ0v) is 18.2. The molecule has 0 radical (unpaired) electrons. The van der Waals surface area contributed by atoms with E-state index in [1.165, 1.54) is 62.7 Å². The molecule has 11 heteroatoms. The second kappa shape index (κ2) is 9.70. The fraction of sp³-hybridized carbons (Fsp3) is 0.238. The number of hydrogen-bond acceptors (Lipinski definition) is 6. The lowest BCUT2D eigenvalue weighted by molar-refractivity contribution is -0.154. The number of nitrogens with zero attached hydrogens (tertiary/aromatic N) is 3. The van der Waals surface area contributed by atoms with Crippen molar-refractivity contribution < 1.29 is 27.4 Å². The number of carbonyl (C=O) groups is 1. The van der Waals surface area contributed by atoms with Crippen molar-refractivity contribution in [1.82, 2.24) is 15.2 Å². The molecule has 0 saturated heterocycles. The quantitative estimate of drug-likeness (QED) is 0.305. The predicted molar refractivity (Wildman–Crippen MR) is 111 cm³/mol. The first kappa shape index (κ1) is 23.7. The number of methoxy groups -OCH3 is 1. The van der Waals surface area contributed by atoms with Gasteiger partial charge in [-0.2, -0.15) is 13.2 Å². The molecule has 0 aliphatic rings. The summed E-state index contributed by atoms with van der Waals surface area (Å²) >= 11 is 12.0. The highest BCUT2D eigenvalue weighted by Crippen LogP contribution is 2.47. The molecule has 6 nitrogen and oxygen atoms in total. The normalized spacial score (nSPS) is 13.3. The summed E-state index contributed by atoms with van der Waals surface area (Å²) in [5.41, 5.74) is 0.171. The van der Waals surface area contributed by atoms with E-state index < -0.39 is 24.0 Å². The maximum Gasteiger partial charge on any atom is 0.396 e. The van der Waals surface area contributed by atoms with Crippen LogP contribution in [0.4, 0.5) is 13.2 Å². The maximum absolute atomic E-state index is 14.0. The fourth-order valence-electron chi connectivity index (χ4n) is 3.19. The SMILES string of the molecule is COC(=O)c1ccc(Oc2ccc(Cl)c(C(C)C(c3ccnc(Cl)c3)C(F)(F)F)c2)nn1. The first-order valence-corrected chi connectivity index (χ1v) is 9.93. The Kier molecular flexibility index (Phi) is 7.20. The summed E-state index contributed by atoms with van der Waals surface area (Å²) in [5.74, 6) is -3.38. The van der Waals surface area contributed by atoms with E-state index in [0.29, 0.717) is 0 Å². The number of carbonyl (C=O) groups excluding carboxylic acids is 1. The number of hydrogen-bond donors (Lipinski definition) is 0. The van der Waals surface area contributed by atoms with Crippen LogP contribution in [0.2, 0.25) is 10.2 Å². The van der Waals surface area contributed by atoms with Crippen LogP contribution in [0.3, 0.4) is 0 Å². The summed E-state index contributed by atoms with van der Waals surface area (Å²) in [5, 5.41) is 7.55. The third-order valence-electron chi connectivity index (χ3n) is 4.68. The summed E-state index contributed by atoms with van der Waals surface area (Å²) < 4.78 is 52.1. The highest BCUT2D eigenvalue weighted by molar-refractivity contribution is 6.31. The summed E-state index contributed by atoms with van der Waals surface area (Å²) in [6.45, 7) is 1.42. The average molecular weight is 486 g/mol. The fourth-order valence-corrected chi connectivity index (χ4v) is 3.67. The third kappa shape index (κ3) is 5.46. The van der Waals surface area contributed by atoms with Gasteiger partial charge in [-0.3, -0.25) is 0 Å². The lowest BCUT2D eigenvalue weighted by Crippen LogP contribution is -2.26. The Morgan fingerprint density at radius 2 is 1.81 bits per heavy atom. The van der Waals surface area contributed by atoms with E-state index in [0.717, 1.165) is 0 Å². The van der Waals surface area contributed by atoms with E-state index in [4.69, 9.17) is 27.9 Å². The van der Waals surface area contributed by atoms with Crippen LogP contribution in [-0.4, -0.2) is 34.4 Å². The van der Waals surface area contributed by atoms with E-state index in [-0.39, 0.29) is 38.6 Å². The summed E-state index contributed by atoms with van der Waals surface area (Å²) in [6, 6.07) is 9.52. The standard InChI is InChI=1S/C21H16Cl2F3N3O3/c1-11(19(21(24,25)26)12-7-8-27-17(23)9-12)14-10-13(3-4-15(14)22)32-18-6-5-16(28-29-18)20(30)31-2/h3-11,19H,1-2H3. The van der Waals surface area contributed by atoms with E-state index in [2.05, 4.69) is 19.9 Å². The Bertz CT molecular complexity index is 1110. The molecule has 0 bridgehead atoms. The zero-order valence-electron chi connectivity index (χ0n) is 16.7.